The minimum Gasteiger partial charge on any atom is -0.374 e. The molecule has 0 atom stereocenters. The molecule has 0 spiro atoms. The highest BCUT2D eigenvalue weighted by atomic mass is 32.2. The number of hydrogen-bond acceptors (Lipinski definition) is 6. The van der Waals surface area contributed by atoms with Crippen molar-refractivity contribution in [3.63, 3.8) is 0 Å². The van der Waals surface area contributed by atoms with Gasteiger partial charge in [0.25, 0.3) is 5.69 Å². The summed E-state index contributed by atoms with van der Waals surface area (Å²) in [6.07, 6.45) is 3.20. The summed E-state index contributed by atoms with van der Waals surface area (Å²) in [5.41, 5.74) is 0.318. The van der Waals surface area contributed by atoms with E-state index in [1.165, 1.54) is 12.1 Å². The smallest absolute Gasteiger partial charge is 0.288 e. The van der Waals surface area contributed by atoms with Crippen molar-refractivity contribution >= 4 is 21.2 Å². The van der Waals surface area contributed by atoms with Crippen LogP contribution in [0, 0.1) is 16.0 Å². The molecule has 1 heterocycles. The molecule has 1 aromatic carbocycles. The van der Waals surface area contributed by atoms with E-state index >= 15 is 0 Å². The maximum atomic E-state index is 11.8. The van der Waals surface area contributed by atoms with Crippen molar-refractivity contribution in [2.24, 2.45) is 5.92 Å². The zero-order valence-corrected chi connectivity index (χ0v) is 14.5. The van der Waals surface area contributed by atoms with Gasteiger partial charge in [-0.25, -0.2) is 8.42 Å². The van der Waals surface area contributed by atoms with Gasteiger partial charge in [-0.1, -0.05) is 0 Å². The molecule has 1 fully saturated rings. The standard InChI is InChI=1S/C15H23N3O4S/c1-16-8-6-12(7-9-16)11-17(2)13-4-5-14(18(19)20)15(10-13)23(3,21)22/h4-5,10,12H,6-9,11H2,1-3H3. The third kappa shape index (κ3) is 4.42. The van der Waals surface area contributed by atoms with Gasteiger partial charge >= 0.3 is 0 Å². The van der Waals surface area contributed by atoms with E-state index in [1.807, 2.05) is 11.9 Å². The average Bonchev–Trinajstić information content (AvgIpc) is 2.48. The SMILES string of the molecule is CN1CCC(CN(C)c2ccc([N+](=O)[O-])c(S(C)(=O)=O)c2)CC1. The van der Waals surface area contributed by atoms with Crippen LogP contribution in [0.15, 0.2) is 23.1 Å². The lowest BCUT2D eigenvalue weighted by Gasteiger charge is -2.32. The van der Waals surface area contributed by atoms with Crippen molar-refractivity contribution in [2.45, 2.75) is 17.7 Å². The molecular formula is C15H23N3O4S. The molecule has 1 aromatic rings. The van der Waals surface area contributed by atoms with Gasteiger partial charge in [-0.2, -0.15) is 0 Å². The number of piperidine rings is 1. The molecule has 0 saturated carbocycles. The molecule has 7 nitrogen and oxygen atoms in total. The normalized spacial score (nSPS) is 17.2. The summed E-state index contributed by atoms with van der Waals surface area (Å²) >= 11 is 0. The third-order valence-electron chi connectivity index (χ3n) is 4.35. The average molecular weight is 341 g/mol. The predicted octanol–water partition coefficient (Wildman–Crippen LogP) is 1.78. The van der Waals surface area contributed by atoms with Crippen molar-refractivity contribution < 1.29 is 13.3 Å². The van der Waals surface area contributed by atoms with Crippen LogP contribution in [0.5, 0.6) is 0 Å². The molecule has 1 saturated heterocycles. The molecule has 0 radical (unpaired) electrons. The highest BCUT2D eigenvalue weighted by molar-refractivity contribution is 7.90. The van der Waals surface area contributed by atoms with Gasteiger partial charge < -0.3 is 9.80 Å². The third-order valence-corrected chi connectivity index (χ3v) is 5.48. The van der Waals surface area contributed by atoms with E-state index in [4.69, 9.17) is 0 Å². The molecule has 0 aromatic heterocycles. The number of rotatable bonds is 5. The predicted molar refractivity (Wildman–Crippen MR) is 89.7 cm³/mol. The molecule has 128 valence electrons. The highest BCUT2D eigenvalue weighted by Gasteiger charge is 2.24. The summed E-state index contributed by atoms with van der Waals surface area (Å²) in [5.74, 6) is 0.549. The second-order valence-corrected chi connectivity index (χ2v) is 8.29. The largest absolute Gasteiger partial charge is 0.374 e. The van der Waals surface area contributed by atoms with E-state index in [2.05, 4.69) is 11.9 Å². The number of anilines is 1. The first-order valence-corrected chi connectivity index (χ1v) is 9.46. The van der Waals surface area contributed by atoms with Crippen LogP contribution >= 0.6 is 0 Å². The van der Waals surface area contributed by atoms with Gasteiger partial charge in [0.1, 0.15) is 4.90 Å². The van der Waals surface area contributed by atoms with Crippen LogP contribution < -0.4 is 4.90 Å². The number of nitrogens with zero attached hydrogens (tertiary/aromatic N) is 3. The van der Waals surface area contributed by atoms with Crippen LogP contribution in [-0.4, -0.2) is 58.2 Å². The van der Waals surface area contributed by atoms with Gasteiger partial charge in [-0.3, -0.25) is 10.1 Å². The number of hydrogen-bond donors (Lipinski definition) is 0. The van der Waals surface area contributed by atoms with Crippen LogP contribution in [0.1, 0.15) is 12.8 Å². The van der Waals surface area contributed by atoms with Crippen LogP contribution in [0.2, 0.25) is 0 Å². The minimum atomic E-state index is -3.65. The van der Waals surface area contributed by atoms with E-state index in [-0.39, 0.29) is 10.6 Å². The Balaban J connectivity index is 2.21. The molecule has 2 rings (SSSR count). The number of benzene rings is 1. The molecule has 0 amide bonds. The monoisotopic (exact) mass is 341 g/mol. The van der Waals surface area contributed by atoms with Gasteiger partial charge in [0.15, 0.2) is 9.84 Å². The highest BCUT2D eigenvalue weighted by Crippen LogP contribution is 2.29. The Labute approximate surface area is 137 Å². The fraction of sp³-hybridized carbons (Fsp3) is 0.600. The first kappa shape index (κ1) is 17.7. The summed E-state index contributed by atoms with van der Waals surface area (Å²) in [6.45, 7) is 2.94. The maximum Gasteiger partial charge on any atom is 0.288 e. The van der Waals surface area contributed by atoms with E-state index in [0.29, 0.717) is 11.6 Å². The summed E-state index contributed by atoms with van der Waals surface area (Å²) in [4.78, 5) is 14.4. The molecule has 0 N–H and O–H groups in total. The van der Waals surface area contributed by atoms with Crippen molar-refractivity contribution in [2.75, 3.05) is 44.9 Å². The van der Waals surface area contributed by atoms with Gasteiger partial charge in [-0.15, -0.1) is 0 Å². The Bertz CT molecular complexity index is 682. The lowest BCUT2D eigenvalue weighted by atomic mass is 9.96. The quantitative estimate of drug-likeness (QED) is 0.599. The number of likely N-dealkylation sites (tertiary alicyclic amines) is 1. The van der Waals surface area contributed by atoms with Crippen LogP contribution in [-0.2, 0) is 9.84 Å². The maximum absolute atomic E-state index is 11.8. The Morgan fingerprint density at radius 2 is 1.96 bits per heavy atom. The molecule has 8 heteroatoms. The molecule has 23 heavy (non-hydrogen) atoms. The molecule has 1 aliphatic rings. The summed E-state index contributed by atoms with van der Waals surface area (Å²) < 4.78 is 23.7. The number of nitro groups is 1. The Hall–Kier alpha value is -1.67. The van der Waals surface area contributed by atoms with Crippen molar-refractivity contribution in [1.82, 2.24) is 4.90 Å². The van der Waals surface area contributed by atoms with E-state index in [9.17, 15) is 18.5 Å². The van der Waals surface area contributed by atoms with Gasteiger partial charge in [0, 0.05) is 31.6 Å². The Morgan fingerprint density at radius 1 is 1.35 bits per heavy atom. The first-order chi connectivity index (χ1) is 10.7. The zero-order valence-electron chi connectivity index (χ0n) is 13.7. The van der Waals surface area contributed by atoms with E-state index < -0.39 is 14.8 Å². The summed E-state index contributed by atoms with van der Waals surface area (Å²) in [6, 6.07) is 4.29. The van der Waals surface area contributed by atoms with Crippen molar-refractivity contribution in [1.29, 1.82) is 0 Å². The second-order valence-electron chi connectivity index (χ2n) is 6.31. The zero-order chi connectivity index (χ0) is 17.2. The number of nitro benzene ring substituents is 1. The van der Waals surface area contributed by atoms with Crippen molar-refractivity contribution in [3.8, 4) is 0 Å². The van der Waals surface area contributed by atoms with E-state index in [1.54, 1.807) is 6.07 Å². The van der Waals surface area contributed by atoms with Crippen molar-refractivity contribution in [3.05, 3.63) is 28.3 Å². The second kappa shape index (κ2) is 6.84. The molecular weight excluding hydrogens is 318 g/mol. The minimum absolute atomic E-state index is 0.227. The van der Waals surface area contributed by atoms with E-state index in [0.717, 1.165) is 38.7 Å². The Morgan fingerprint density at radius 3 is 2.48 bits per heavy atom. The molecule has 1 aliphatic heterocycles. The van der Waals surface area contributed by atoms with Gasteiger partial charge in [0.05, 0.1) is 4.92 Å². The fourth-order valence-electron chi connectivity index (χ4n) is 2.93. The first-order valence-electron chi connectivity index (χ1n) is 7.56. The van der Waals surface area contributed by atoms with Crippen LogP contribution in [0.4, 0.5) is 11.4 Å². The van der Waals surface area contributed by atoms with Gasteiger partial charge in [0.2, 0.25) is 0 Å². The summed E-state index contributed by atoms with van der Waals surface area (Å²) in [7, 11) is 0.350. The van der Waals surface area contributed by atoms with Gasteiger partial charge in [-0.05, 0) is 51.0 Å². The molecule has 0 aliphatic carbocycles. The van der Waals surface area contributed by atoms with Crippen LogP contribution in [0.3, 0.4) is 0 Å². The lowest BCUT2D eigenvalue weighted by Crippen LogP contribution is -2.35. The van der Waals surface area contributed by atoms with Crippen LogP contribution in [0.25, 0.3) is 0 Å². The lowest BCUT2D eigenvalue weighted by molar-refractivity contribution is -0.387. The molecule has 0 bridgehead atoms. The fourth-order valence-corrected chi connectivity index (χ4v) is 3.78. The summed E-state index contributed by atoms with van der Waals surface area (Å²) in [5, 5.41) is 11.0. The molecule has 0 unspecified atom stereocenters. The number of sulfone groups is 1. The Kier molecular flexibility index (Phi) is 5.26. The topological polar surface area (TPSA) is 83.8 Å².